The minimum absolute atomic E-state index is 0.167. The number of H-pyrrole nitrogens is 1. The second kappa shape index (κ2) is 5.77. The van der Waals surface area contributed by atoms with Gasteiger partial charge >= 0.3 is 0 Å². The Morgan fingerprint density at radius 2 is 2.26 bits per heavy atom. The molecule has 19 heavy (non-hydrogen) atoms. The van der Waals surface area contributed by atoms with Gasteiger partial charge in [0.25, 0.3) is 0 Å². The van der Waals surface area contributed by atoms with E-state index in [1.54, 1.807) is 18.5 Å². The Kier molecular flexibility index (Phi) is 4.08. The maximum atomic E-state index is 10.7. The summed E-state index contributed by atoms with van der Waals surface area (Å²) in [5.41, 5.74) is 1.15. The number of hydrogen-bond acceptors (Lipinski definition) is 5. The first-order valence-corrected chi connectivity index (χ1v) is 5.97. The van der Waals surface area contributed by atoms with Crippen molar-refractivity contribution >= 4 is 16.8 Å². The first-order chi connectivity index (χ1) is 9.08. The largest absolute Gasteiger partial charge is 0.390 e. The van der Waals surface area contributed by atoms with Gasteiger partial charge in [-0.15, -0.1) is 0 Å². The Balaban J connectivity index is 2.01. The number of carbonyl (C=O) groups excluding carboxylic acids is 1. The Morgan fingerprint density at radius 3 is 3.00 bits per heavy atom. The van der Waals surface area contributed by atoms with Crippen molar-refractivity contribution in [1.29, 1.82) is 0 Å². The van der Waals surface area contributed by atoms with Crippen molar-refractivity contribution in [3.63, 3.8) is 0 Å². The lowest BCUT2D eigenvalue weighted by atomic mass is 10.1. The Bertz CT molecular complexity index is 569. The molecule has 2 rings (SSSR count). The van der Waals surface area contributed by atoms with Crippen LogP contribution in [0.2, 0.25) is 0 Å². The van der Waals surface area contributed by atoms with Gasteiger partial charge in [-0.25, -0.2) is 0 Å². The zero-order valence-electron chi connectivity index (χ0n) is 10.5. The van der Waals surface area contributed by atoms with Gasteiger partial charge in [-0.1, -0.05) is 0 Å². The summed E-state index contributed by atoms with van der Waals surface area (Å²) in [7, 11) is 0. The summed E-state index contributed by atoms with van der Waals surface area (Å²) in [6, 6.07) is 1.67. The molecule has 0 saturated carbocycles. The van der Waals surface area contributed by atoms with Crippen molar-refractivity contribution < 1.29 is 15.0 Å². The van der Waals surface area contributed by atoms with Crippen LogP contribution >= 0.6 is 0 Å². The number of aromatic nitrogens is 3. The fraction of sp³-hybridized carbons (Fsp3) is 0.417. The van der Waals surface area contributed by atoms with E-state index >= 15 is 0 Å². The molecule has 2 atom stereocenters. The molecule has 0 saturated heterocycles. The molecular formula is C12H16N4O3. The Morgan fingerprint density at radius 1 is 1.47 bits per heavy atom. The third kappa shape index (κ3) is 3.27. The van der Waals surface area contributed by atoms with Crippen molar-refractivity contribution in [3.05, 3.63) is 24.2 Å². The van der Waals surface area contributed by atoms with Crippen LogP contribution in [0.4, 0.5) is 0 Å². The number of carbonyl (C=O) groups is 1. The average molecular weight is 264 g/mol. The van der Waals surface area contributed by atoms with E-state index in [-0.39, 0.29) is 12.3 Å². The van der Waals surface area contributed by atoms with E-state index in [2.05, 4.69) is 20.5 Å². The normalized spacial score (nSPS) is 14.3. The highest BCUT2D eigenvalue weighted by Gasteiger charge is 2.19. The number of aromatic amines is 1. The molecule has 7 heteroatoms. The van der Waals surface area contributed by atoms with Crippen LogP contribution in [0.15, 0.2) is 18.5 Å². The average Bonchev–Trinajstić information content (AvgIpc) is 2.84. The van der Waals surface area contributed by atoms with Crippen LogP contribution in [0.3, 0.4) is 0 Å². The van der Waals surface area contributed by atoms with Crippen LogP contribution in [-0.4, -0.2) is 44.0 Å². The van der Waals surface area contributed by atoms with Gasteiger partial charge in [-0.2, -0.15) is 5.10 Å². The zero-order valence-corrected chi connectivity index (χ0v) is 10.5. The number of fused-ring (bicyclic) bond motifs is 1. The second-order valence-electron chi connectivity index (χ2n) is 4.35. The molecule has 0 aliphatic rings. The molecule has 0 aliphatic heterocycles. The maximum Gasteiger partial charge on any atom is 0.216 e. The van der Waals surface area contributed by atoms with Crippen LogP contribution in [0.25, 0.3) is 10.9 Å². The lowest BCUT2D eigenvalue weighted by molar-refractivity contribution is -0.119. The summed E-state index contributed by atoms with van der Waals surface area (Å²) in [4.78, 5) is 14.8. The molecule has 2 aromatic rings. The van der Waals surface area contributed by atoms with E-state index < -0.39 is 12.2 Å². The number of nitrogens with zero attached hydrogens (tertiary/aromatic N) is 2. The maximum absolute atomic E-state index is 10.7. The molecule has 0 fully saturated rings. The summed E-state index contributed by atoms with van der Waals surface area (Å²) >= 11 is 0. The lowest BCUT2D eigenvalue weighted by Crippen LogP contribution is -2.28. The smallest absolute Gasteiger partial charge is 0.216 e. The monoisotopic (exact) mass is 264 g/mol. The van der Waals surface area contributed by atoms with Gasteiger partial charge in [-0.05, 0) is 12.5 Å². The molecular weight excluding hydrogens is 248 g/mol. The van der Waals surface area contributed by atoms with E-state index in [0.717, 1.165) is 10.9 Å². The van der Waals surface area contributed by atoms with Crippen molar-refractivity contribution in [2.24, 2.45) is 0 Å². The van der Waals surface area contributed by atoms with Gasteiger partial charge in [0.2, 0.25) is 5.91 Å². The molecule has 2 aromatic heterocycles. The van der Waals surface area contributed by atoms with Gasteiger partial charge in [0.15, 0.2) is 0 Å². The minimum atomic E-state index is -1.09. The first kappa shape index (κ1) is 13.4. The van der Waals surface area contributed by atoms with Crippen LogP contribution < -0.4 is 5.32 Å². The van der Waals surface area contributed by atoms with Crippen LogP contribution in [0, 0.1) is 0 Å². The third-order valence-corrected chi connectivity index (χ3v) is 2.83. The summed E-state index contributed by atoms with van der Waals surface area (Å²) in [6.45, 7) is 1.71. The van der Waals surface area contributed by atoms with Gasteiger partial charge in [-0.3, -0.25) is 14.9 Å². The van der Waals surface area contributed by atoms with Gasteiger partial charge in [0.05, 0.1) is 29.7 Å². The first-order valence-electron chi connectivity index (χ1n) is 5.97. The number of aliphatic hydroxyl groups is 2. The SMILES string of the molecule is CC(=O)NCCC(O)C(O)c1cc2cn[nH]c2cn1. The highest BCUT2D eigenvalue weighted by molar-refractivity contribution is 5.77. The molecule has 4 N–H and O–H groups in total. The molecule has 0 aliphatic carbocycles. The van der Waals surface area contributed by atoms with Crippen molar-refractivity contribution in [2.45, 2.75) is 25.6 Å². The van der Waals surface area contributed by atoms with Crippen molar-refractivity contribution in [2.75, 3.05) is 6.54 Å². The van der Waals surface area contributed by atoms with Gasteiger partial charge < -0.3 is 15.5 Å². The number of aliphatic hydroxyl groups excluding tert-OH is 2. The van der Waals surface area contributed by atoms with E-state index in [0.29, 0.717) is 12.2 Å². The highest BCUT2D eigenvalue weighted by Crippen LogP contribution is 2.20. The van der Waals surface area contributed by atoms with E-state index in [4.69, 9.17) is 0 Å². The third-order valence-electron chi connectivity index (χ3n) is 2.83. The van der Waals surface area contributed by atoms with E-state index in [1.165, 1.54) is 6.92 Å². The van der Waals surface area contributed by atoms with Crippen LogP contribution in [0.5, 0.6) is 0 Å². The number of pyridine rings is 1. The minimum Gasteiger partial charge on any atom is -0.390 e. The fourth-order valence-electron chi connectivity index (χ4n) is 1.77. The summed E-state index contributed by atoms with van der Waals surface area (Å²) in [5.74, 6) is -0.167. The molecule has 0 radical (unpaired) electrons. The molecule has 102 valence electrons. The molecule has 1 amide bonds. The predicted molar refractivity (Wildman–Crippen MR) is 68.2 cm³/mol. The molecule has 7 nitrogen and oxygen atoms in total. The molecule has 0 bridgehead atoms. The van der Waals surface area contributed by atoms with Crippen LogP contribution in [0.1, 0.15) is 25.1 Å². The lowest BCUT2D eigenvalue weighted by Gasteiger charge is -2.17. The standard InChI is InChI=1S/C12H16N4O3/c1-7(17)13-3-2-11(18)12(19)9-4-8-5-15-16-10(8)6-14-9/h4-6,11-12,18-19H,2-3H2,1H3,(H,13,17)(H,15,16). The molecule has 0 aromatic carbocycles. The van der Waals surface area contributed by atoms with E-state index in [9.17, 15) is 15.0 Å². The van der Waals surface area contributed by atoms with Crippen LogP contribution in [-0.2, 0) is 4.79 Å². The Hall–Kier alpha value is -1.99. The highest BCUT2D eigenvalue weighted by atomic mass is 16.3. The number of rotatable bonds is 5. The summed E-state index contributed by atoms with van der Waals surface area (Å²) < 4.78 is 0. The zero-order chi connectivity index (χ0) is 13.8. The topological polar surface area (TPSA) is 111 Å². The fourth-order valence-corrected chi connectivity index (χ4v) is 1.77. The number of amides is 1. The second-order valence-corrected chi connectivity index (χ2v) is 4.35. The summed E-state index contributed by atoms with van der Waals surface area (Å²) in [5, 5.41) is 29.8. The van der Waals surface area contributed by atoms with Gasteiger partial charge in [0.1, 0.15) is 6.10 Å². The quantitative estimate of drug-likeness (QED) is 0.601. The van der Waals surface area contributed by atoms with Crippen molar-refractivity contribution in [3.8, 4) is 0 Å². The Labute approximate surface area is 109 Å². The number of hydrogen-bond donors (Lipinski definition) is 4. The van der Waals surface area contributed by atoms with Gasteiger partial charge in [0, 0.05) is 18.9 Å². The summed E-state index contributed by atoms with van der Waals surface area (Å²) in [6.07, 6.45) is 1.36. The molecule has 2 heterocycles. The van der Waals surface area contributed by atoms with Crippen molar-refractivity contribution in [1.82, 2.24) is 20.5 Å². The number of nitrogens with one attached hydrogen (secondary N) is 2. The molecule has 2 unspecified atom stereocenters. The predicted octanol–water partition coefficient (Wildman–Crippen LogP) is -0.122. The molecule has 0 spiro atoms. The van der Waals surface area contributed by atoms with E-state index in [1.807, 2.05) is 0 Å².